The Labute approximate surface area is 98.9 Å². The molecule has 0 aliphatic heterocycles. The van der Waals surface area contributed by atoms with Gasteiger partial charge in [-0.15, -0.1) is 0 Å². The number of nitrogens with two attached hydrogens (primary N) is 1. The standard InChI is InChI=1S/C14H13F2N/c1-8-5-11(16)6-9(2)14(8)12-7-10(15)3-4-13(12)17/h3-7H,17H2,1-2H3. The summed E-state index contributed by atoms with van der Waals surface area (Å²) in [6.07, 6.45) is 0. The van der Waals surface area contributed by atoms with Crippen molar-refractivity contribution >= 4 is 5.69 Å². The largest absolute Gasteiger partial charge is 0.398 e. The lowest BCUT2D eigenvalue weighted by atomic mass is 9.94. The fourth-order valence-electron chi connectivity index (χ4n) is 2.08. The molecule has 0 aliphatic rings. The Hall–Kier alpha value is -1.90. The third-order valence-electron chi connectivity index (χ3n) is 2.78. The Balaban J connectivity index is 2.72. The summed E-state index contributed by atoms with van der Waals surface area (Å²) in [5.74, 6) is -0.643. The van der Waals surface area contributed by atoms with Crippen LogP contribution < -0.4 is 5.73 Å². The van der Waals surface area contributed by atoms with Crippen LogP contribution in [0.5, 0.6) is 0 Å². The minimum atomic E-state index is -0.350. The Kier molecular flexibility index (Phi) is 2.84. The van der Waals surface area contributed by atoms with Gasteiger partial charge in [-0.1, -0.05) is 0 Å². The average molecular weight is 233 g/mol. The van der Waals surface area contributed by atoms with Gasteiger partial charge in [-0.2, -0.15) is 0 Å². The van der Waals surface area contributed by atoms with Gasteiger partial charge in [0.2, 0.25) is 0 Å². The molecule has 2 rings (SSSR count). The van der Waals surface area contributed by atoms with Gasteiger partial charge in [-0.05, 0) is 60.9 Å². The molecule has 0 radical (unpaired) electrons. The van der Waals surface area contributed by atoms with Crippen LogP contribution in [0, 0.1) is 25.5 Å². The number of anilines is 1. The van der Waals surface area contributed by atoms with Gasteiger partial charge < -0.3 is 5.73 Å². The second-order valence-corrected chi connectivity index (χ2v) is 4.15. The molecule has 3 heteroatoms. The first-order valence-electron chi connectivity index (χ1n) is 5.31. The zero-order chi connectivity index (χ0) is 12.6. The maximum atomic E-state index is 13.2. The van der Waals surface area contributed by atoms with E-state index in [1.807, 2.05) is 0 Å². The number of rotatable bonds is 1. The number of benzene rings is 2. The van der Waals surface area contributed by atoms with Crippen LogP contribution in [0.25, 0.3) is 11.1 Å². The van der Waals surface area contributed by atoms with E-state index in [0.29, 0.717) is 11.3 Å². The molecule has 0 aromatic heterocycles. The van der Waals surface area contributed by atoms with Gasteiger partial charge in [0.05, 0.1) is 0 Å². The normalized spacial score (nSPS) is 10.6. The van der Waals surface area contributed by atoms with E-state index in [9.17, 15) is 8.78 Å². The Morgan fingerprint density at radius 2 is 1.47 bits per heavy atom. The quantitative estimate of drug-likeness (QED) is 0.744. The summed E-state index contributed by atoms with van der Waals surface area (Å²) in [7, 11) is 0. The van der Waals surface area contributed by atoms with E-state index < -0.39 is 0 Å². The van der Waals surface area contributed by atoms with Crippen molar-refractivity contribution in [2.45, 2.75) is 13.8 Å². The average Bonchev–Trinajstić information content (AvgIpc) is 2.21. The molecule has 2 N–H and O–H groups in total. The molecule has 0 bridgehead atoms. The van der Waals surface area contributed by atoms with Crippen molar-refractivity contribution < 1.29 is 8.78 Å². The van der Waals surface area contributed by atoms with E-state index in [4.69, 9.17) is 5.73 Å². The van der Waals surface area contributed by atoms with Crippen molar-refractivity contribution in [3.8, 4) is 11.1 Å². The van der Waals surface area contributed by atoms with Crippen molar-refractivity contribution in [1.29, 1.82) is 0 Å². The van der Waals surface area contributed by atoms with Gasteiger partial charge in [0.15, 0.2) is 0 Å². The van der Waals surface area contributed by atoms with E-state index in [-0.39, 0.29) is 11.6 Å². The Morgan fingerprint density at radius 3 is 2.06 bits per heavy atom. The van der Waals surface area contributed by atoms with Gasteiger partial charge in [0.1, 0.15) is 11.6 Å². The minimum absolute atomic E-state index is 0.293. The second-order valence-electron chi connectivity index (χ2n) is 4.15. The maximum Gasteiger partial charge on any atom is 0.123 e. The van der Waals surface area contributed by atoms with Crippen molar-refractivity contribution in [1.82, 2.24) is 0 Å². The zero-order valence-electron chi connectivity index (χ0n) is 9.72. The fourth-order valence-corrected chi connectivity index (χ4v) is 2.08. The molecule has 17 heavy (non-hydrogen) atoms. The molecular weight excluding hydrogens is 220 g/mol. The van der Waals surface area contributed by atoms with Crippen molar-refractivity contribution in [2.75, 3.05) is 5.73 Å². The number of aryl methyl sites for hydroxylation is 2. The van der Waals surface area contributed by atoms with E-state index in [0.717, 1.165) is 16.7 Å². The predicted octanol–water partition coefficient (Wildman–Crippen LogP) is 3.83. The topological polar surface area (TPSA) is 26.0 Å². The molecule has 1 nitrogen and oxygen atoms in total. The molecule has 0 saturated carbocycles. The first-order valence-corrected chi connectivity index (χ1v) is 5.31. The first kappa shape index (κ1) is 11.6. The summed E-state index contributed by atoms with van der Waals surface area (Å²) in [5.41, 5.74) is 9.23. The molecule has 0 amide bonds. The first-order chi connectivity index (χ1) is 7.99. The molecule has 0 aliphatic carbocycles. The van der Waals surface area contributed by atoms with Crippen molar-refractivity contribution in [3.63, 3.8) is 0 Å². The number of nitrogen functional groups attached to an aromatic ring is 1. The maximum absolute atomic E-state index is 13.2. The predicted molar refractivity (Wildman–Crippen MR) is 65.7 cm³/mol. The molecule has 0 fully saturated rings. The SMILES string of the molecule is Cc1cc(F)cc(C)c1-c1cc(F)ccc1N. The molecule has 2 aromatic rings. The van der Waals surface area contributed by atoms with Crippen LogP contribution in [0.3, 0.4) is 0 Å². The number of halogens is 2. The summed E-state index contributed by atoms with van der Waals surface area (Å²) < 4.78 is 26.4. The molecule has 0 unspecified atom stereocenters. The number of hydrogen-bond donors (Lipinski definition) is 1. The van der Waals surface area contributed by atoms with Crippen LogP contribution in [0.2, 0.25) is 0 Å². The van der Waals surface area contributed by atoms with Crippen LogP contribution in [0.15, 0.2) is 30.3 Å². The van der Waals surface area contributed by atoms with E-state index in [1.54, 1.807) is 13.8 Å². The lowest BCUT2D eigenvalue weighted by Gasteiger charge is -2.12. The third kappa shape index (κ3) is 2.13. The van der Waals surface area contributed by atoms with Crippen molar-refractivity contribution in [2.24, 2.45) is 0 Å². The molecule has 0 atom stereocenters. The minimum Gasteiger partial charge on any atom is -0.398 e. The van der Waals surface area contributed by atoms with Crippen LogP contribution in [0.1, 0.15) is 11.1 Å². The third-order valence-corrected chi connectivity index (χ3v) is 2.78. The fraction of sp³-hybridized carbons (Fsp3) is 0.143. The second kappa shape index (κ2) is 4.17. The Morgan fingerprint density at radius 1 is 0.882 bits per heavy atom. The van der Waals surface area contributed by atoms with Gasteiger partial charge in [0.25, 0.3) is 0 Å². The molecule has 0 heterocycles. The highest BCUT2D eigenvalue weighted by Crippen LogP contribution is 2.32. The lowest BCUT2D eigenvalue weighted by Crippen LogP contribution is -1.96. The van der Waals surface area contributed by atoms with Gasteiger partial charge in [-0.25, -0.2) is 8.78 Å². The number of hydrogen-bond acceptors (Lipinski definition) is 1. The van der Waals surface area contributed by atoms with Crippen molar-refractivity contribution in [3.05, 3.63) is 53.1 Å². The molecular formula is C14H13F2N. The lowest BCUT2D eigenvalue weighted by molar-refractivity contribution is 0.625. The van der Waals surface area contributed by atoms with Crippen LogP contribution in [-0.4, -0.2) is 0 Å². The summed E-state index contributed by atoms with van der Waals surface area (Å²) in [6, 6.07) is 7.06. The van der Waals surface area contributed by atoms with Crippen LogP contribution >= 0.6 is 0 Å². The molecule has 0 saturated heterocycles. The molecule has 88 valence electrons. The summed E-state index contributed by atoms with van der Waals surface area (Å²) >= 11 is 0. The monoisotopic (exact) mass is 233 g/mol. The molecule has 0 spiro atoms. The van der Waals surface area contributed by atoms with E-state index >= 15 is 0 Å². The van der Waals surface area contributed by atoms with E-state index in [1.165, 1.54) is 30.3 Å². The molecule has 2 aromatic carbocycles. The smallest absolute Gasteiger partial charge is 0.123 e. The highest BCUT2D eigenvalue weighted by molar-refractivity contribution is 5.80. The van der Waals surface area contributed by atoms with Gasteiger partial charge in [0, 0.05) is 11.3 Å². The van der Waals surface area contributed by atoms with Crippen LogP contribution in [-0.2, 0) is 0 Å². The van der Waals surface area contributed by atoms with Gasteiger partial charge >= 0.3 is 0 Å². The summed E-state index contributed by atoms with van der Waals surface area (Å²) in [5, 5.41) is 0. The summed E-state index contributed by atoms with van der Waals surface area (Å²) in [6.45, 7) is 3.57. The van der Waals surface area contributed by atoms with E-state index in [2.05, 4.69) is 0 Å². The zero-order valence-corrected chi connectivity index (χ0v) is 9.72. The highest BCUT2D eigenvalue weighted by atomic mass is 19.1. The Bertz CT molecular complexity index is 553. The summed E-state index contributed by atoms with van der Waals surface area (Å²) in [4.78, 5) is 0. The highest BCUT2D eigenvalue weighted by Gasteiger charge is 2.11. The van der Waals surface area contributed by atoms with Crippen LogP contribution in [0.4, 0.5) is 14.5 Å². The van der Waals surface area contributed by atoms with Gasteiger partial charge in [-0.3, -0.25) is 0 Å².